The number of rotatable bonds is 3. The lowest BCUT2D eigenvalue weighted by Crippen LogP contribution is -2.14. The van der Waals surface area contributed by atoms with Crippen molar-refractivity contribution in [2.45, 2.75) is 13.8 Å². The largest absolute Gasteiger partial charge is 0.465 e. The molecule has 0 radical (unpaired) electrons. The molecular formula is C14H14FN3O3. The second-order valence-electron chi connectivity index (χ2n) is 4.45. The second-order valence-corrected chi connectivity index (χ2v) is 4.45. The standard InChI is InChI=1S/C14H14FN3O3/c1-7-12(8(2)18-17-7)13(19)16-9-4-5-11(15)10(6-9)14(20)21-3/h4-6H,1-3H3,(H,16,19)(H,17,18). The van der Waals surface area contributed by atoms with E-state index in [4.69, 9.17) is 0 Å². The zero-order valence-corrected chi connectivity index (χ0v) is 11.8. The number of nitrogens with zero attached hydrogens (tertiary/aromatic N) is 1. The van der Waals surface area contributed by atoms with Gasteiger partial charge in [0.25, 0.3) is 5.91 Å². The fourth-order valence-corrected chi connectivity index (χ4v) is 1.95. The topological polar surface area (TPSA) is 84.1 Å². The van der Waals surface area contributed by atoms with Gasteiger partial charge in [-0.2, -0.15) is 5.10 Å². The first-order valence-electron chi connectivity index (χ1n) is 6.14. The third-order valence-corrected chi connectivity index (χ3v) is 2.98. The van der Waals surface area contributed by atoms with Crippen molar-refractivity contribution in [3.8, 4) is 0 Å². The Kier molecular flexibility index (Phi) is 4.02. The van der Waals surface area contributed by atoms with E-state index in [1.54, 1.807) is 13.8 Å². The summed E-state index contributed by atoms with van der Waals surface area (Å²) in [5.74, 6) is -1.91. The number of carbonyl (C=O) groups excluding carboxylic acids is 2. The number of esters is 1. The van der Waals surface area contributed by atoms with Crippen molar-refractivity contribution >= 4 is 17.6 Å². The Morgan fingerprint density at radius 1 is 1.33 bits per heavy atom. The Labute approximate surface area is 120 Å². The molecule has 110 valence electrons. The molecule has 0 aliphatic rings. The van der Waals surface area contributed by atoms with Crippen LogP contribution in [-0.4, -0.2) is 29.2 Å². The molecular weight excluding hydrogens is 277 g/mol. The molecule has 1 aromatic carbocycles. The highest BCUT2D eigenvalue weighted by molar-refractivity contribution is 6.06. The van der Waals surface area contributed by atoms with Gasteiger partial charge in [-0.25, -0.2) is 9.18 Å². The van der Waals surface area contributed by atoms with Crippen molar-refractivity contribution < 1.29 is 18.7 Å². The molecule has 0 unspecified atom stereocenters. The van der Waals surface area contributed by atoms with E-state index < -0.39 is 11.8 Å². The van der Waals surface area contributed by atoms with Crippen molar-refractivity contribution in [2.24, 2.45) is 0 Å². The number of amides is 1. The van der Waals surface area contributed by atoms with Crippen molar-refractivity contribution in [3.05, 3.63) is 46.5 Å². The maximum Gasteiger partial charge on any atom is 0.340 e. The number of carbonyl (C=O) groups is 2. The smallest absolute Gasteiger partial charge is 0.340 e. The van der Waals surface area contributed by atoms with Gasteiger partial charge >= 0.3 is 5.97 Å². The van der Waals surface area contributed by atoms with Crippen LogP contribution in [0.3, 0.4) is 0 Å². The Morgan fingerprint density at radius 2 is 2.05 bits per heavy atom. The summed E-state index contributed by atoms with van der Waals surface area (Å²) in [6.07, 6.45) is 0. The van der Waals surface area contributed by atoms with Crippen LogP contribution in [0.2, 0.25) is 0 Å². The molecule has 0 aliphatic carbocycles. The number of aryl methyl sites for hydroxylation is 2. The summed E-state index contributed by atoms with van der Waals surface area (Å²) in [4.78, 5) is 23.6. The van der Waals surface area contributed by atoms with E-state index in [9.17, 15) is 14.0 Å². The second kappa shape index (κ2) is 5.74. The summed E-state index contributed by atoms with van der Waals surface area (Å²) < 4.78 is 18.0. The molecule has 2 N–H and O–H groups in total. The summed E-state index contributed by atoms with van der Waals surface area (Å²) >= 11 is 0. The van der Waals surface area contributed by atoms with Crippen LogP contribution in [-0.2, 0) is 4.74 Å². The van der Waals surface area contributed by atoms with Crippen LogP contribution in [0.1, 0.15) is 32.1 Å². The van der Waals surface area contributed by atoms with E-state index >= 15 is 0 Å². The molecule has 0 spiro atoms. The number of anilines is 1. The van der Waals surface area contributed by atoms with E-state index in [-0.39, 0.29) is 11.5 Å². The molecule has 0 bridgehead atoms. The molecule has 6 nitrogen and oxygen atoms in total. The molecule has 2 aromatic rings. The van der Waals surface area contributed by atoms with Gasteiger partial charge in [0.05, 0.1) is 23.9 Å². The van der Waals surface area contributed by atoms with Crippen molar-refractivity contribution in [1.82, 2.24) is 10.2 Å². The van der Waals surface area contributed by atoms with Crippen LogP contribution < -0.4 is 5.32 Å². The number of aromatic nitrogens is 2. The zero-order valence-electron chi connectivity index (χ0n) is 11.8. The zero-order chi connectivity index (χ0) is 15.6. The van der Waals surface area contributed by atoms with Crippen LogP contribution >= 0.6 is 0 Å². The monoisotopic (exact) mass is 291 g/mol. The highest BCUT2D eigenvalue weighted by Crippen LogP contribution is 2.18. The molecule has 21 heavy (non-hydrogen) atoms. The highest BCUT2D eigenvalue weighted by atomic mass is 19.1. The molecule has 1 aromatic heterocycles. The molecule has 1 amide bonds. The van der Waals surface area contributed by atoms with Gasteiger partial charge in [-0.15, -0.1) is 0 Å². The number of halogens is 1. The number of ether oxygens (including phenoxy) is 1. The van der Waals surface area contributed by atoms with Gasteiger partial charge in [0, 0.05) is 11.4 Å². The maximum atomic E-state index is 13.5. The third-order valence-electron chi connectivity index (χ3n) is 2.98. The first-order chi connectivity index (χ1) is 9.93. The number of nitrogens with one attached hydrogen (secondary N) is 2. The summed E-state index contributed by atoms with van der Waals surface area (Å²) in [6, 6.07) is 3.69. The van der Waals surface area contributed by atoms with E-state index in [0.717, 1.165) is 13.2 Å². The predicted molar refractivity (Wildman–Crippen MR) is 73.8 cm³/mol. The third kappa shape index (κ3) is 2.91. The fraction of sp³-hybridized carbons (Fsp3) is 0.214. The fourth-order valence-electron chi connectivity index (χ4n) is 1.95. The van der Waals surface area contributed by atoms with Crippen molar-refractivity contribution in [3.63, 3.8) is 0 Å². The van der Waals surface area contributed by atoms with Crippen LogP contribution in [0.5, 0.6) is 0 Å². The van der Waals surface area contributed by atoms with Gasteiger partial charge in [-0.3, -0.25) is 9.89 Å². The normalized spacial score (nSPS) is 10.3. The van der Waals surface area contributed by atoms with Gasteiger partial charge in [-0.1, -0.05) is 0 Å². The van der Waals surface area contributed by atoms with Crippen LogP contribution in [0.4, 0.5) is 10.1 Å². The maximum absolute atomic E-state index is 13.5. The van der Waals surface area contributed by atoms with Gasteiger partial charge in [0.2, 0.25) is 0 Å². The van der Waals surface area contributed by atoms with Gasteiger partial charge in [0.1, 0.15) is 5.82 Å². The minimum Gasteiger partial charge on any atom is -0.465 e. The van der Waals surface area contributed by atoms with E-state index in [1.165, 1.54) is 12.1 Å². The van der Waals surface area contributed by atoms with Crippen LogP contribution in [0.15, 0.2) is 18.2 Å². The van der Waals surface area contributed by atoms with Gasteiger partial charge in [-0.05, 0) is 32.0 Å². The molecule has 1 heterocycles. The molecule has 0 saturated heterocycles. The van der Waals surface area contributed by atoms with Crippen LogP contribution in [0.25, 0.3) is 0 Å². The minimum absolute atomic E-state index is 0.240. The summed E-state index contributed by atoms with van der Waals surface area (Å²) in [5, 5.41) is 9.24. The predicted octanol–water partition coefficient (Wildman–Crippen LogP) is 2.20. The molecule has 7 heteroatoms. The molecule has 0 aliphatic heterocycles. The number of aromatic amines is 1. The van der Waals surface area contributed by atoms with Gasteiger partial charge < -0.3 is 10.1 Å². The average Bonchev–Trinajstić information content (AvgIpc) is 2.79. The van der Waals surface area contributed by atoms with Crippen molar-refractivity contribution in [1.29, 1.82) is 0 Å². The van der Waals surface area contributed by atoms with Gasteiger partial charge in [0.15, 0.2) is 0 Å². The lowest BCUT2D eigenvalue weighted by molar-refractivity contribution is 0.0595. The first kappa shape index (κ1) is 14.7. The summed E-state index contributed by atoms with van der Waals surface area (Å²) in [6.45, 7) is 3.42. The number of H-pyrrole nitrogens is 1. The summed E-state index contributed by atoms with van der Waals surface area (Å²) in [7, 11) is 1.16. The number of hydrogen-bond donors (Lipinski definition) is 2. The molecule has 0 atom stereocenters. The molecule has 0 saturated carbocycles. The number of methoxy groups -OCH3 is 1. The Bertz CT molecular complexity index is 690. The SMILES string of the molecule is COC(=O)c1cc(NC(=O)c2c(C)n[nH]c2C)ccc1F. The summed E-state index contributed by atoms with van der Waals surface area (Å²) in [5.41, 5.74) is 1.65. The Hall–Kier alpha value is -2.70. The number of hydrogen-bond acceptors (Lipinski definition) is 4. The lowest BCUT2D eigenvalue weighted by atomic mass is 10.1. The number of benzene rings is 1. The van der Waals surface area contributed by atoms with E-state index in [0.29, 0.717) is 22.6 Å². The highest BCUT2D eigenvalue weighted by Gasteiger charge is 2.17. The Balaban J connectivity index is 2.28. The lowest BCUT2D eigenvalue weighted by Gasteiger charge is -2.08. The van der Waals surface area contributed by atoms with Crippen molar-refractivity contribution in [2.75, 3.05) is 12.4 Å². The Morgan fingerprint density at radius 3 is 2.62 bits per heavy atom. The van der Waals surface area contributed by atoms with E-state index in [2.05, 4.69) is 20.3 Å². The molecule has 2 rings (SSSR count). The van der Waals surface area contributed by atoms with Crippen LogP contribution in [0, 0.1) is 19.7 Å². The first-order valence-corrected chi connectivity index (χ1v) is 6.14. The van der Waals surface area contributed by atoms with E-state index in [1.807, 2.05) is 0 Å². The average molecular weight is 291 g/mol. The quantitative estimate of drug-likeness (QED) is 0.849. The minimum atomic E-state index is -0.806. The molecule has 0 fully saturated rings.